The van der Waals surface area contributed by atoms with Gasteiger partial charge in [-0.05, 0) is 31.5 Å². The van der Waals surface area contributed by atoms with E-state index in [-0.39, 0.29) is 11.3 Å². The van der Waals surface area contributed by atoms with Gasteiger partial charge in [0.2, 0.25) is 0 Å². The standard InChI is InChI=1S/C12H15N3OS/c1-8-6-14-12(15-7-8)17-11(9(2)13)10-4-3-5-16-10/h3-7,9,11H,13H2,1-2H3. The normalized spacial score (nSPS) is 14.5. The van der Waals surface area contributed by atoms with E-state index in [1.807, 2.05) is 26.0 Å². The molecule has 2 atom stereocenters. The van der Waals surface area contributed by atoms with Crippen molar-refractivity contribution >= 4 is 11.8 Å². The highest BCUT2D eigenvalue weighted by Gasteiger charge is 2.21. The molecule has 90 valence electrons. The molecule has 4 nitrogen and oxygen atoms in total. The molecule has 2 aromatic heterocycles. The van der Waals surface area contributed by atoms with Crippen molar-refractivity contribution < 1.29 is 4.42 Å². The van der Waals surface area contributed by atoms with Gasteiger partial charge in [-0.3, -0.25) is 0 Å². The van der Waals surface area contributed by atoms with Crippen LogP contribution < -0.4 is 5.73 Å². The lowest BCUT2D eigenvalue weighted by atomic mass is 10.2. The van der Waals surface area contributed by atoms with Crippen molar-refractivity contribution in [3.05, 3.63) is 42.1 Å². The van der Waals surface area contributed by atoms with Gasteiger partial charge in [0.05, 0.1) is 11.5 Å². The summed E-state index contributed by atoms with van der Waals surface area (Å²) in [6.45, 7) is 3.92. The number of furan rings is 1. The van der Waals surface area contributed by atoms with Gasteiger partial charge in [-0.15, -0.1) is 0 Å². The summed E-state index contributed by atoms with van der Waals surface area (Å²) in [4.78, 5) is 8.53. The molecule has 0 radical (unpaired) electrons. The minimum Gasteiger partial charge on any atom is -0.468 e. The van der Waals surface area contributed by atoms with Crippen molar-refractivity contribution in [2.24, 2.45) is 5.73 Å². The number of nitrogens with two attached hydrogens (primary N) is 1. The molecule has 0 saturated carbocycles. The van der Waals surface area contributed by atoms with E-state index in [9.17, 15) is 0 Å². The van der Waals surface area contributed by atoms with Gasteiger partial charge in [-0.25, -0.2) is 9.97 Å². The largest absolute Gasteiger partial charge is 0.468 e. The van der Waals surface area contributed by atoms with E-state index in [0.717, 1.165) is 11.3 Å². The summed E-state index contributed by atoms with van der Waals surface area (Å²) in [7, 11) is 0. The lowest BCUT2D eigenvalue weighted by Gasteiger charge is -2.16. The smallest absolute Gasteiger partial charge is 0.188 e. The van der Waals surface area contributed by atoms with Gasteiger partial charge in [0.15, 0.2) is 5.16 Å². The Balaban J connectivity index is 2.16. The molecule has 5 heteroatoms. The molecule has 0 spiro atoms. The van der Waals surface area contributed by atoms with Gasteiger partial charge in [-0.1, -0.05) is 11.8 Å². The highest BCUT2D eigenvalue weighted by molar-refractivity contribution is 7.99. The maximum Gasteiger partial charge on any atom is 0.188 e. The van der Waals surface area contributed by atoms with E-state index < -0.39 is 0 Å². The maximum atomic E-state index is 5.97. The van der Waals surface area contributed by atoms with Crippen molar-refractivity contribution in [1.29, 1.82) is 0 Å². The third kappa shape index (κ3) is 3.08. The minimum atomic E-state index is -0.0314. The van der Waals surface area contributed by atoms with Crippen LogP contribution in [0.25, 0.3) is 0 Å². The Morgan fingerprint density at radius 3 is 2.59 bits per heavy atom. The van der Waals surface area contributed by atoms with E-state index >= 15 is 0 Å². The lowest BCUT2D eigenvalue weighted by molar-refractivity contribution is 0.486. The summed E-state index contributed by atoms with van der Waals surface area (Å²) in [5.74, 6) is 0.856. The first-order valence-corrected chi connectivity index (χ1v) is 6.29. The second-order valence-corrected chi connectivity index (χ2v) is 5.06. The van der Waals surface area contributed by atoms with Crippen molar-refractivity contribution in [1.82, 2.24) is 9.97 Å². The molecule has 0 aliphatic heterocycles. The first kappa shape index (κ1) is 12.1. The molecule has 0 bridgehead atoms. The average molecular weight is 249 g/mol. The molecule has 0 saturated heterocycles. The molecule has 0 aliphatic rings. The van der Waals surface area contributed by atoms with Crippen LogP contribution in [-0.4, -0.2) is 16.0 Å². The Kier molecular flexibility index (Phi) is 3.81. The fourth-order valence-electron chi connectivity index (χ4n) is 1.43. The van der Waals surface area contributed by atoms with Gasteiger partial charge < -0.3 is 10.2 Å². The second-order valence-electron chi connectivity index (χ2n) is 3.96. The Morgan fingerprint density at radius 1 is 1.35 bits per heavy atom. The van der Waals surface area contributed by atoms with Crippen LogP contribution in [0.15, 0.2) is 40.4 Å². The summed E-state index contributed by atoms with van der Waals surface area (Å²) in [6, 6.07) is 3.76. The van der Waals surface area contributed by atoms with Crippen LogP contribution in [0.5, 0.6) is 0 Å². The fraction of sp³-hybridized carbons (Fsp3) is 0.333. The van der Waals surface area contributed by atoms with Gasteiger partial charge in [0.1, 0.15) is 5.76 Å². The predicted octanol–water partition coefficient (Wildman–Crippen LogP) is 2.56. The van der Waals surface area contributed by atoms with Crippen molar-refractivity contribution in [2.75, 3.05) is 0 Å². The number of thioether (sulfide) groups is 1. The monoisotopic (exact) mass is 249 g/mol. The molecule has 2 unspecified atom stereocenters. The van der Waals surface area contributed by atoms with Crippen LogP contribution in [0.2, 0.25) is 0 Å². The summed E-state index contributed by atoms with van der Waals surface area (Å²) >= 11 is 1.52. The molecule has 2 heterocycles. The topological polar surface area (TPSA) is 64.9 Å². The molecule has 2 N–H and O–H groups in total. The Morgan fingerprint density at radius 2 is 2.06 bits per heavy atom. The zero-order valence-corrected chi connectivity index (χ0v) is 10.6. The highest BCUT2D eigenvalue weighted by atomic mass is 32.2. The van der Waals surface area contributed by atoms with Gasteiger partial charge in [0.25, 0.3) is 0 Å². The number of nitrogens with zero attached hydrogens (tertiary/aromatic N) is 2. The molecule has 0 fully saturated rings. The average Bonchev–Trinajstić information content (AvgIpc) is 2.81. The van der Waals surface area contributed by atoms with Crippen LogP contribution in [0.1, 0.15) is 23.5 Å². The van der Waals surface area contributed by atoms with Crippen LogP contribution in [0.3, 0.4) is 0 Å². The third-order valence-electron chi connectivity index (χ3n) is 2.29. The molecule has 2 aromatic rings. The van der Waals surface area contributed by atoms with Crippen molar-refractivity contribution in [3.63, 3.8) is 0 Å². The van der Waals surface area contributed by atoms with Crippen molar-refractivity contribution in [2.45, 2.75) is 30.3 Å². The zero-order chi connectivity index (χ0) is 12.3. The highest BCUT2D eigenvalue weighted by Crippen LogP contribution is 2.35. The van der Waals surface area contributed by atoms with E-state index in [2.05, 4.69) is 9.97 Å². The van der Waals surface area contributed by atoms with Crippen LogP contribution in [0.4, 0.5) is 0 Å². The van der Waals surface area contributed by atoms with E-state index in [4.69, 9.17) is 10.2 Å². The number of rotatable bonds is 4. The molecule has 0 amide bonds. The number of aromatic nitrogens is 2. The Labute approximate surface area is 105 Å². The fourth-order valence-corrected chi connectivity index (χ4v) is 2.35. The first-order chi connectivity index (χ1) is 8.16. The van der Waals surface area contributed by atoms with E-state index in [1.165, 1.54) is 11.8 Å². The van der Waals surface area contributed by atoms with Crippen molar-refractivity contribution in [3.8, 4) is 0 Å². The number of hydrogen-bond acceptors (Lipinski definition) is 5. The Bertz CT molecular complexity index is 453. The SMILES string of the molecule is Cc1cnc(SC(c2ccco2)C(C)N)nc1. The lowest BCUT2D eigenvalue weighted by Crippen LogP contribution is -2.22. The predicted molar refractivity (Wildman–Crippen MR) is 67.7 cm³/mol. The molecule has 17 heavy (non-hydrogen) atoms. The Hall–Kier alpha value is -1.33. The van der Waals surface area contributed by atoms with Gasteiger partial charge in [0, 0.05) is 18.4 Å². The molecular weight excluding hydrogens is 234 g/mol. The zero-order valence-electron chi connectivity index (χ0n) is 9.83. The quantitative estimate of drug-likeness (QED) is 0.666. The van der Waals surface area contributed by atoms with Crippen LogP contribution in [0, 0.1) is 6.92 Å². The first-order valence-electron chi connectivity index (χ1n) is 5.41. The third-order valence-corrected chi connectivity index (χ3v) is 3.63. The summed E-state index contributed by atoms with van der Waals surface area (Å²) in [6.07, 6.45) is 5.26. The molecule has 2 rings (SSSR count). The summed E-state index contributed by atoms with van der Waals surface area (Å²) < 4.78 is 5.40. The van der Waals surface area contributed by atoms with Crippen LogP contribution >= 0.6 is 11.8 Å². The van der Waals surface area contributed by atoms with Crippen LogP contribution in [-0.2, 0) is 0 Å². The summed E-state index contributed by atoms with van der Waals surface area (Å²) in [5, 5.41) is 0.752. The molecule has 0 aliphatic carbocycles. The molecular formula is C12H15N3OS. The van der Waals surface area contributed by atoms with E-state index in [0.29, 0.717) is 5.16 Å². The van der Waals surface area contributed by atoms with E-state index in [1.54, 1.807) is 18.7 Å². The number of hydrogen-bond donors (Lipinski definition) is 1. The van der Waals surface area contributed by atoms with Gasteiger partial charge >= 0.3 is 0 Å². The maximum absolute atomic E-state index is 5.97. The molecule has 0 aromatic carbocycles. The van der Waals surface area contributed by atoms with Gasteiger partial charge in [-0.2, -0.15) is 0 Å². The second kappa shape index (κ2) is 5.33. The summed E-state index contributed by atoms with van der Waals surface area (Å²) in [5.41, 5.74) is 7.02. The number of aryl methyl sites for hydroxylation is 1. The minimum absolute atomic E-state index is 0.0314.